The topological polar surface area (TPSA) is 30.3 Å². The normalized spacial score (nSPS) is 11.0. The van der Waals surface area contributed by atoms with Crippen LogP contribution in [-0.4, -0.2) is 43.5 Å². The zero-order valence-corrected chi connectivity index (χ0v) is 12.0. The van der Waals surface area contributed by atoms with Crippen molar-refractivity contribution >= 4 is 0 Å². The second-order valence-electron chi connectivity index (χ2n) is 5.01. The molecule has 0 saturated heterocycles. The van der Waals surface area contributed by atoms with Crippen LogP contribution in [0.2, 0.25) is 0 Å². The van der Waals surface area contributed by atoms with Gasteiger partial charge < -0.3 is 4.90 Å². The summed E-state index contributed by atoms with van der Waals surface area (Å²) in [7, 11) is 4.10. The molecular formula is C15H22FN3. The molecule has 1 aromatic carbocycles. The molecule has 0 N–H and O–H groups in total. The van der Waals surface area contributed by atoms with Crippen molar-refractivity contribution < 1.29 is 4.39 Å². The van der Waals surface area contributed by atoms with E-state index in [1.54, 1.807) is 12.1 Å². The van der Waals surface area contributed by atoms with E-state index >= 15 is 0 Å². The molecule has 0 aliphatic carbocycles. The van der Waals surface area contributed by atoms with Crippen LogP contribution in [-0.2, 0) is 6.54 Å². The summed E-state index contributed by atoms with van der Waals surface area (Å²) in [6.45, 7) is 5.88. The molecule has 0 atom stereocenters. The first kappa shape index (κ1) is 15.6. The van der Waals surface area contributed by atoms with Crippen LogP contribution >= 0.6 is 0 Å². The first-order valence-corrected chi connectivity index (χ1v) is 6.62. The van der Waals surface area contributed by atoms with Crippen molar-refractivity contribution in [2.45, 2.75) is 19.9 Å². The van der Waals surface area contributed by atoms with E-state index in [4.69, 9.17) is 5.26 Å². The molecule has 1 aromatic rings. The van der Waals surface area contributed by atoms with E-state index in [1.807, 2.05) is 6.07 Å². The van der Waals surface area contributed by atoms with Gasteiger partial charge in [-0.3, -0.25) is 4.90 Å². The minimum absolute atomic E-state index is 0.126. The highest BCUT2D eigenvalue weighted by Crippen LogP contribution is 2.12. The van der Waals surface area contributed by atoms with Crippen molar-refractivity contribution in [3.8, 4) is 6.07 Å². The molecule has 0 radical (unpaired) electrons. The fourth-order valence-corrected chi connectivity index (χ4v) is 1.94. The highest BCUT2D eigenvalue weighted by atomic mass is 19.1. The molecule has 0 amide bonds. The lowest BCUT2D eigenvalue weighted by molar-refractivity contribution is 0.234. The molecule has 0 aliphatic heterocycles. The number of nitrogens with zero attached hydrogens (tertiary/aromatic N) is 3. The Bertz CT molecular complexity index is 438. The van der Waals surface area contributed by atoms with E-state index in [9.17, 15) is 4.39 Å². The first-order valence-electron chi connectivity index (χ1n) is 6.62. The Morgan fingerprint density at radius 1 is 1.21 bits per heavy atom. The van der Waals surface area contributed by atoms with Crippen molar-refractivity contribution in [1.82, 2.24) is 9.80 Å². The lowest BCUT2D eigenvalue weighted by atomic mass is 10.1. The van der Waals surface area contributed by atoms with E-state index in [1.165, 1.54) is 6.07 Å². The highest BCUT2D eigenvalue weighted by molar-refractivity contribution is 5.34. The van der Waals surface area contributed by atoms with Gasteiger partial charge in [0.1, 0.15) is 11.9 Å². The molecule has 19 heavy (non-hydrogen) atoms. The Morgan fingerprint density at radius 3 is 2.53 bits per heavy atom. The molecule has 0 fully saturated rings. The summed E-state index contributed by atoms with van der Waals surface area (Å²) in [6, 6.07) is 6.67. The fourth-order valence-electron chi connectivity index (χ4n) is 1.94. The predicted molar refractivity (Wildman–Crippen MR) is 75.2 cm³/mol. The van der Waals surface area contributed by atoms with Gasteiger partial charge in [-0.25, -0.2) is 4.39 Å². The van der Waals surface area contributed by atoms with Gasteiger partial charge in [0, 0.05) is 19.6 Å². The molecule has 104 valence electrons. The van der Waals surface area contributed by atoms with Gasteiger partial charge in [0.05, 0.1) is 5.56 Å². The highest BCUT2D eigenvalue weighted by Gasteiger charge is 2.08. The van der Waals surface area contributed by atoms with Gasteiger partial charge in [0.15, 0.2) is 0 Å². The predicted octanol–water partition coefficient (Wildman–Crippen LogP) is 2.47. The van der Waals surface area contributed by atoms with Crippen LogP contribution in [0.15, 0.2) is 18.2 Å². The van der Waals surface area contributed by atoms with Crippen LogP contribution < -0.4 is 0 Å². The summed E-state index contributed by atoms with van der Waals surface area (Å²) < 4.78 is 13.3. The zero-order chi connectivity index (χ0) is 14.3. The Labute approximate surface area is 115 Å². The van der Waals surface area contributed by atoms with Gasteiger partial charge in [0.25, 0.3) is 0 Å². The third kappa shape index (κ3) is 5.37. The second kappa shape index (κ2) is 7.88. The number of halogens is 1. The lowest BCUT2D eigenvalue weighted by Crippen LogP contribution is -2.32. The molecule has 0 bridgehead atoms. The summed E-state index contributed by atoms with van der Waals surface area (Å²) >= 11 is 0. The van der Waals surface area contributed by atoms with Gasteiger partial charge in [0.2, 0.25) is 0 Å². The quantitative estimate of drug-likeness (QED) is 0.757. The average Bonchev–Trinajstić information content (AvgIpc) is 2.38. The van der Waals surface area contributed by atoms with Gasteiger partial charge in [-0.2, -0.15) is 5.26 Å². The Kier molecular flexibility index (Phi) is 6.48. The summed E-state index contributed by atoms with van der Waals surface area (Å²) in [5, 5.41) is 8.85. The molecule has 4 heteroatoms. The SMILES string of the molecule is CCCN(CCN(C)C)Cc1ccc(F)c(C#N)c1. The van der Waals surface area contributed by atoms with Crippen molar-refractivity contribution in [2.24, 2.45) is 0 Å². The molecule has 3 nitrogen and oxygen atoms in total. The van der Waals surface area contributed by atoms with Crippen molar-refractivity contribution in [2.75, 3.05) is 33.7 Å². The molecular weight excluding hydrogens is 241 g/mol. The van der Waals surface area contributed by atoms with Crippen LogP contribution in [0.1, 0.15) is 24.5 Å². The largest absolute Gasteiger partial charge is 0.308 e. The number of hydrogen-bond donors (Lipinski definition) is 0. The number of likely N-dealkylation sites (N-methyl/N-ethyl adjacent to an activating group) is 1. The lowest BCUT2D eigenvalue weighted by Gasteiger charge is -2.23. The maximum atomic E-state index is 13.3. The summed E-state index contributed by atoms with van der Waals surface area (Å²) in [5.74, 6) is -0.443. The van der Waals surface area contributed by atoms with Gasteiger partial charge >= 0.3 is 0 Å². The van der Waals surface area contributed by atoms with Crippen molar-refractivity contribution in [3.63, 3.8) is 0 Å². The number of benzene rings is 1. The van der Waals surface area contributed by atoms with E-state index in [0.717, 1.165) is 38.2 Å². The van der Waals surface area contributed by atoms with Crippen LogP contribution in [0.25, 0.3) is 0 Å². The minimum Gasteiger partial charge on any atom is -0.308 e. The Balaban J connectivity index is 2.70. The molecule has 0 saturated carbocycles. The van der Waals surface area contributed by atoms with Crippen LogP contribution in [0.4, 0.5) is 4.39 Å². The monoisotopic (exact) mass is 263 g/mol. The van der Waals surface area contributed by atoms with Crippen LogP contribution in [0.3, 0.4) is 0 Å². The molecule has 0 heterocycles. The third-order valence-electron chi connectivity index (χ3n) is 2.96. The van der Waals surface area contributed by atoms with Crippen molar-refractivity contribution in [1.29, 1.82) is 5.26 Å². The maximum Gasteiger partial charge on any atom is 0.140 e. The first-order chi connectivity index (χ1) is 9.06. The number of hydrogen-bond acceptors (Lipinski definition) is 3. The summed E-state index contributed by atoms with van der Waals surface area (Å²) in [4.78, 5) is 4.47. The Morgan fingerprint density at radius 2 is 1.95 bits per heavy atom. The zero-order valence-electron chi connectivity index (χ0n) is 12.0. The van der Waals surface area contributed by atoms with E-state index < -0.39 is 5.82 Å². The molecule has 0 aromatic heterocycles. The van der Waals surface area contributed by atoms with Gasteiger partial charge in [-0.15, -0.1) is 0 Å². The molecule has 1 rings (SSSR count). The number of rotatable bonds is 7. The standard InChI is InChI=1S/C15H22FN3/c1-4-7-19(9-8-18(2)3)12-13-5-6-15(16)14(10-13)11-17/h5-6,10H,4,7-9,12H2,1-3H3. The smallest absolute Gasteiger partial charge is 0.140 e. The second-order valence-corrected chi connectivity index (χ2v) is 5.01. The minimum atomic E-state index is -0.443. The summed E-state index contributed by atoms with van der Waals surface area (Å²) in [5.41, 5.74) is 1.12. The number of nitriles is 1. The maximum absolute atomic E-state index is 13.3. The van der Waals surface area contributed by atoms with E-state index in [-0.39, 0.29) is 5.56 Å². The molecule has 0 spiro atoms. The van der Waals surface area contributed by atoms with E-state index in [2.05, 4.69) is 30.8 Å². The van der Waals surface area contributed by atoms with Gasteiger partial charge in [-0.1, -0.05) is 13.0 Å². The van der Waals surface area contributed by atoms with Crippen LogP contribution in [0.5, 0.6) is 0 Å². The van der Waals surface area contributed by atoms with Crippen LogP contribution in [0, 0.1) is 17.1 Å². The van der Waals surface area contributed by atoms with Gasteiger partial charge in [-0.05, 0) is 44.8 Å². The Hall–Kier alpha value is -1.44. The molecule has 0 aliphatic rings. The third-order valence-corrected chi connectivity index (χ3v) is 2.96. The van der Waals surface area contributed by atoms with E-state index in [0.29, 0.717) is 0 Å². The fraction of sp³-hybridized carbons (Fsp3) is 0.533. The van der Waals surface area contributed by atoms with Crippen molar-refractivity contribution in [3.05, 3.63) is 35.1 Å². The average molecular weight is 263 g/mol. The summed E-state index contributed by atoms with van der Waals surface area (Å²) in [6.07, 6.45) is 1.08. The molecule has 0 unspecified atom stereocenters.